The molecule has 5 heteroatoms. The molecule has 1 heterocycles. The minimum Gasteiger partial charge on any atom is -0.372 e. The number of hydrogen-bond acceptors (Lipinski definition) is 4. The standard InChI is InChI=1S/C16H20N4O/c1-4-11-7-6-8-12(5-2)15(11)20-16(21)13-9-19-14(17-3)10-18-13/h6-10H,4-5H2,1-3H3,(H,17,19)(H,20,21). The third-order valence-corrected chi connectivity index (χ3v) is 3.38. The molecular weight excluding hydrogens is 264 g/mol. The second-order valence-corrected chi connectivity index (χ2v) is 4.65. The van der Waals surface area contributed by atoms with Crippen molar-refractivity contribution in [2.24, 2.45) is 0 Å². The number of anilines is 2. The molecule has 1 aromatic carbocycles. The smallest absolute Gasteiger partial charge is 0.275 e. The molecule has 5 nitrogen and oxygen atoms in total. The monoisotopic (exact) mass is 284 g/mol. The zero-order valence-corrected chi connectivity index (χ0v) is 12.6. The Bertz CT molecular complexity index is 600. The molecule has 0 bridgehead atoms. The molecule has 0 saturated heterocycles. The van der Waals surface area contributed by atoms with Crippen LogP contribution in [0.25, 0.3) is 0 Å². The van der Waals surface area contributed by atoms with Gasteiger partial charge in [-0.1, -0.05) is 32.0 Å². The van der Waals surface area contributed by atoms with Crippen molar-refractivity contribution in [2.75, 3.05) is 17.7 Å². The first-order valence-corrected chi connectivity index (χ1v) is 7.11. The lowest BCUT2D eigenvalue weighted by atomic mass is 10.0. The second kappa shape index (κ2) is 6.83. The Kier molecular flexibility index (Phi) is 4.87. The van der Waals surface area contributed by atoms with Crippen molar-refractivity contribution in [2.45, 2.75) is 26.7 Å². The molecule has 1 aromatic heterocycles. The number of aromatic nitrogens is 2. The van der Waals surface area contributed by atoms with Crippen molar-refractivity contribution in [1.82, 2.24) is 9.97 Å². The Morgan fingerprint density at radius 2 is 1.76 bits per heavy atom. The van der Waals surface area contributed by atoms with Gasteiger partial charge in [0.2, 0.25) is 0 Å². The second-order valence-electron chi connectivity index (χ2n) is 4.65. The summed E-state index contributed by atoms with van der Waals surface area (Å²) in [5.74, 6) is 0.399. The van der Waals surface area contributed by atoms with Crippen LogP contribution in [0.4, 0.5) is 11.5 Å². The lowest BCUT2D eigenvalue weighted by Gasteiger charge is -2.14. The van der Waals surface area contributed by atoms with Gasteiger partial charge >= 0.3 is 0 Å². The first-order valence-electron chi connectivity index (χ1n) is 7.11. The van der Waals surface area contributed by atoms with Crippen LogP contribution in [0, 0.1) is 0 Å². The zero-order chi connectivity index (χ0) is 15.2. The topological polar surface area (TPSA) is 66.9 Å². The van der Waals surface area contributed by atoms with Crippen molar-refractivity contribution >= 4 is 17.4 Å². The fourth-order valence-corrected chi connectivity index (χ4v) is 2.16. The molecule has 110 valence electrons. The number of carbonyl (C=O) groups excluding carboxylic acids is 1. The van der Waals surface area contributed by atoms with Crippen LogP contribution in [0.2, 0.25) is 0 Å². The third kappa shape index (κ3) is 3.37. The minimum absolute atomic E-state index is 0.235. The van der Waals surface area contributed by atoms with Crippen molar-refractivity contribution in [3.05, 3.63) is 47.4 Å². The highest BCUT2D eigenvalue weighted by Crippen LogP contribution is 2.23. The van der Waals surface area contributed by atoms with E-state index < -0.39 is 0 Å². The van der Waals surface area contributed by atoms with Crippen LogP contribution in [0.15, 0.2) is 30.6 Å². The molecule has 0 unspecified atom stereocenters. The molecule has 21 heavy (non-hydrogen) atoms. The van der Waals surface area contributed by atoms with Crippen LogP contribution in [0.3, 0.4) is 0 Å². The van der Waals surface area contributed by atoms with E-state index in [0.717, 1.165) is 29.7 Å². The summed E-state index contributed by atoms with van der Waals surface area (Å²) in [7, 11) is 1.76. The summed E-state index contributed by atoms with van der Waals surface area (Å²) < 4.78 is 0. The van der Waals surface area contributed by atoms with Crippen molar-refractivity contribution in [1.29, 1.82) is 0 Å². The first-order chi connectivity index (χ1) is 10.2. The average molecular weight is 284 g/mol. The highest BCUT2D eigenvalue weighted by atomic mass is 16.1. The van der Waals surface area contributed by atoms with Crippen molar-refractivity contribution in [3.8, 4) is 0 Å². The van der Waals surface area contributed by atoms with E-state index in [1.807, 2.05) is 18.2 Å². The minimum atomic E-state index is -0.235. The van der Waals surface area contributed by atoms with Gasteiger partial charge in [-0.2, -0.15) is 0 Å². The van der Waals surface area contributed by atoms with Crippen LogP contribution in [-0.4, -0.2) is 22.9 Å². The molecule has 1 amide bonds. The molecule has 0 spiro atoms. The lowest BCUT2D eigenvalue weighted by Crippen LogP contribution is -2.16. The number of nitrogens with zero attached hydrogens (tertiary/aromatic N) is 2. The third-order valence-electron chi connectivity index (χ3n) is 3.38. The number of aryl methyl sites for hydroxylation is 2. The zero-order valence-electron chi connectivity index (χ0n) is 12.6. The summed E-state index contributed by atoms with van der Waals surface area (Å²) in [5.41, 5.74) is 3.46. The molecule has 0 fully saturated rings. The number of carbonyl (C=O) groups is 1. The maximum absolute atomic E-state index is 12.3. The number of para-hydroxylation sites is 1. The number of rotatable bonds is 5. The molecule has 0 aliphatic heterocycles. The van der Waals surface area contributed by atoms with E-state index in [1.165, 1.54) is 6.20 Å². The van der Waals surface area contributed by atoms with E-state index in [0.29, 0.717) is 11.5 Å². The van der Waals surface area contributed by atoms with Gasteiger partial charge in [0, 0.05) is 12.7 Å². The van der Waals surface area contributed by atoms with Gasteiger partial charge in [0.15, 0.2) is 0 Å². The van der Waals surface area contributed by atoms with E-state index >= 15 is 0 Å². The molecule has 0 aliphatic rings. The largest absolute Gasteiger partial charge is 0.372 e. The molecule has 0 radical (unpaired) electrons. The van der Waals surface area contributed by atoms with Gasteiger partial charge in [-0.3, -0.25) is 4.79 Å². The molecular formula is C16H20N4O. The van der Waals surface area contributed by atoms with Crippen LogP contribution >= 0.6 is 0 Å². The molecule has 0 saturated carbocycles. The van der Waals surface area contributed by atoms with Crippen LogP contribution in [0.1, 0.15) is 35.5 Å². The highest BCUT2D eigenvalue weighted by Gasteiger charge is 2.13. The molecule has 0 aliphatic carbocycles. The van der Waals surface area contributed by atoms with Gasteiger partial charge in [-0.25, -0.2) is 9.97 Å². The summed E-state index contributed by atoms with van der Waals surface area (Å²) in [6, 6.07) is 6.09. The van der Waals surface area contributed by atoms with Gasteiger partial charge < -0.3 is 10.6 Å². The van der Waals surface area contributed by atoms with E-state index in [-0.39, 0.29) is 5.91 Å². The van der Waals surface area contributed by atoms with Gasteiger partial charge in [-0.05, 0) is 24.0 Å². The quantitative estimate of drug-likeness (QED) is 0.886. The van der Waals surface area contributed by atoms with Gasteiger partial charge in [-0.15, -0.1) is 0 Å². The fraction of sp³-hybridized carbons (Fsp3) is 0.312. The van der Waals surface area contributed by atoms with Crippen LogP contribution in [-0.2, 0) is 12.8 Å². The Morgan fingerprint density at radius 3 is 2.24 bits per heavy atom. The van der Waals surface area contributed by atoms with E-state index in [1.54, 1.807) is 13.2 Å². The Hall–Kier alpha value is -2.43. The molecule has 2 N–H and O–H groups in total. The Labute approximate surface area is 124 Å². The Morgan fingerprint density at radius 1 is 1.10 bits per heavy atom. The molecule has 0 atom stereocenters. The number of hydrogen-bond donors (Lipinski definition) is 2. The van der Waals surface area contributed by atoms with Crippen LogP contribution in [0.5, 0.6) is 0 Å². The fourth-order valence-electron chi connectivity index (χ4n) is 2.16. The summed E-state index contributed by atoms with van der Waals surface area (Å²) >= 11 is 0. The SMILES string of the molecule is CCc1cccc(CC)c1NC(=O)c1cnc(NC)cn1. The maximum atomic E-state index is 12.3. The predicted molar refractivity (Wildman–Crippen MR) is 84.7 cm³/mol. The van der Waals surface area contributed by atoms with Gasteiger partial charge in [0.25, 0.3) is 5.91 Å². The molecule has 2 aromatic rings. The van der Waals surface area contributed by atoms with Gasteiger partial charge in [0.05, 0.1) is 12.4 Å². The summed E-state index contributed by atoms with van der Waals surface area (Å²) in [5, 5.41) is 5.85. The maximum Gasteiger partial charge on any atom is 0.275 e. The van der Waals surface area contributed by atoms with Crippen molar-refractivity contribution in [3.63, 3.8) is 0 Å². The van der Waals surface area contributed by atoms with E-state index in [2.05, 4.69) is 34.4 Å². The van der Waals surface area contributed by atoms with E-state index in [4.69, 9.17) is 0 Å². The first kappa shape index (κ1) is 15.0. The van der Waals surface area contributed by atoms with E-state index in [9.17, 15) is 4.79 Å². The lowest BCUT2D eigenvalue weighted by molar-refractivity contribution is 0.102. The van der Waals surface area contributed by atoms with Gasteiger partial charge in [0.1, 0.15) is 11.5 Å². The number of nitrogens with one attached hydrogen (secondary N) is 2. The average Bonchev–Trinajstić information content (AvgIpc) is 2.55. The number of amides is 1. The summed E-state index contributed by atoms with van der Waals surface area (Å²) in [4.78, 5) is 20.5. The summed E-state index contributed by atoms with van der Waals surface area (Å²) in [6.07, 6.45) is 4.75. The highest BCUT2D eigenvalue weighted by molar-refractivity contribution is 6.03. The molecule has 2 rings (SSSR count). The number of benzene rings is 1. The van der Waals surface area contributed by atoms with Crippen LogP contribution < -0.4 is 10.6 Å². The normalized spacial score (nSPS) is 10.2. The predicted octanol–water partition coefficient (Wildman–Crippen LogP) is 2.90. The van der Waals surface area contributed by atoms with Crippen molar-refractivity contribution < 1.29 is 4.79 Å². The Balaban J connectivity index is 2.26. The summed E-state index contributed by atoms with van der Waals surface area (Å²) in [6.45, 7) is 4.15.